The molecule has 0 aliphatic rings. The number of aromatic carboxylic acids is 1. The summed E-state index contributed by atoms with van der Waals surface area (Å²) in [5.41, 5.74) is 2.19. The molecule has 0 radical (unpaired) electrons. The number of carboxylic acids is 1. The van der Waals surface area contributed by atoms with E-state index in [1.54, 1.807) is 0 Å². The number of hydrogen-bond acceptors (Lipinski definition) is 2. The van der Waals surface area contributed by atoms with E-state index >= 15 is 0 Å². The van der Waals surface area contributed by atoms with Gasteiger partial charge in [0.1, 0.15) is 0 Å². The fourth-order valence-corrected chi connectivity index (χ4v) is 3.85. The first-order chi connectivity index (χ1) is 8.00. The minimum Gasteiger partial charge on any atom is -0.478 e. The van der Waals surface area contributed by atoms with E-state index in [9.17, 15) is 4.79 Å². The van der Waals surface area contributed by atoms with Crippen LogP contribution in [0.5, 0.6) is 0 Å². The summed E-state index contributed by atoms with van der Waals surface area (Å²) in [6.45, 7) is 1.84. The quantitative estimate of drug-likeness (QED) is 0.806. The summed E-state index contributed by atoms with van der Waals surface area (Å²) in [5.74, 6) is -0.894. The Morgan fingerprint density at radius 2 is 1.82 bits per heavy atom. The third-order valence-corrected chi connectivity index (χ3v) is 4.96. The Morgan fingerprint density at radius 1 is 1.24 bits per heavy atom. The number of thiophene rings is 1. The Morgan fingerprint density at radius 3 is 2.29 bits per heavy atom. The molecule has 1 heterocycles. The van der Waals surface area contributed by atoms with Gasteiger partial charge in [-0.25, -0.2) is 4.79 Å². The molecule has 0 spiro atoms. The average Bonchev–Trinajstić information content (AvgIpc) is 2.55. The minimum atomic E-state index is -0.894. The molecule has 0 saturated heterocycles. The van der Waals surface area contributed by atoms with E-state index in [1.165, 1.54) is 11.3 Å². The molecular weight excluding hydrogens is 368 g/mol. The van der Waals surface area contributed by atoms with Gasteiger partial charge in [0.15, 0.2) is 0 Å². The molecule has 1 aromatic carbocycles. The largest absolute Gasteiger partial charge is 0.478 e. The lowest BCUT2D eigenvalue weighted by Gasteiger charge is -2.00. The lowest BCUT2D eigenvalue weighted by molar-refractivity contribution is 0.0696. The molecule has 2 nitrogen and oxygen atoms in total. The molecule has 5 heteroatoms. The molecule has 0 aliphatic heterocycles. The maximum absolute atomic E-state index is 11.1. The zero-order valence-electron chi connectivity index (χ0n) is 8.83. The van der Waals surface area contributed by atoms with Crippen molar-refractivity contribution in [3.05, 3.63) is 43.7 Å². The van der Waals surface area contributed by atoms with Gasteiger partial charge in [-0.1, -0.05) is 28.1 Å². The van der Waals surface area contributed by atoms with Crippen molar-refractivity contribution < 1.29 is 9.90 Å². The highest BCUT2D eigenvalue weighted by Crippen LogP contribution is 2.39. The van der Waals surface area contributed by atoms with Gasteiger partial charge in [-0.3, -0.25) is 0 Å². The molecule has 2 aromatic rings. The molecule has 88 valence electrons. The molecule has 0 fully saturated rings. The second kappa shape index (κ2) is 4.92. The zero-order valence-corrected chi connectivity index (χ0v) is 12.8. The van der Waals surface area contributed by atoms with Gasteiger partial charge in [0.05, 0.1) is 9.35 Å². The Labute approximate surface area is 120 Å². The van der Waals surface area contributed by atoms with Crippen LogP contribution >= 0.6 is 43.2 Å². The maximum Gasteiger partial charge on any atom is 0.338 e. The summed E-state index contributed by atoms with van der Waals surface area (Å²) in [5, 5.41) is 9.12. The highest BCUT2D eigenvalue weighted by Gasteiger charge is 2.19. The number of carbonyl (C=O) groups is 1. The van der Waals surface area contributed by atoms with Crippen molar-refractivity contribution in [3.8, 4) is 10.4 Å². The summed E-state index contributed by atoms with van der Waals surface area (Å²) < 4.78 is 1.67. The van der Waals surface area contributed by atoms with E-state index in [0.29, 0.717) is 9.35 Å². The molecule has 1 aromatic heterocycles. The summed E-state index contributed by atoms with van der Waals surface area (Å²) in [6.07, 6.45) is 0. The highest BCUT2D eigenvalue weighted by atomic mass is 79.9. The van der Waals surface area contributed by atoms with Gasteiger partial charge in [-0.15, -0.1) is 11.3 Å². The Kier molecular flexibility index (Phi) is 3.70. The van der Waals surface area contributed by atoms with Crippen molar-refractivity contribution in [1.29, 1.82) is 0 Å². The van der Waals surface area contributed by atoms with Gasteiger partial charge < -0.3 is 5.11 Å². The number of benzene rings is 1. The smallest absolute Gasteiger partial charge is 0.338 e. The molecule has 0 aliphatic carbocycles. The third kappa shape index (κ3) is 2.46. The van der Waals surface area contributed by atoms with Crippen molar-refractivity contribution in [2.24, 2.45) is 0 Å². The second-order valence-corrected chi connectivity index (χ2v) is 6.77. The Hall–Kier alpha value is -0.650. The van der Waals surface area contributed by atoms with Gasteiger partial charge in [-0.05, 0) is 46.1 Å². The van der Waals surface area contributed by atoms with Crippen molar-refractivity contribution in [1.82, 2.24) is 0 Å². The van der Waals surface area contributed by atoms with Gasteiger partial charge in [-0.2, -0.15) is 0 Å². The number of rotatable bonds is 2. The predicted molar refractivity (Wildman–Crippen MR) is 76.9 cm³/mol. The van der Waals surface area contributed by atoms with Crippen LogP contribution in [0.1, 0.15) is 15.9 Å². The standard InChI is InChI=1S/C12H8Br2O2S/c1-6-9(12(15)16)11(14)17-10(6)7-2-4-8(13)5-3-7/h2-5H,1H3,(H,15,16). The van der Waals surface area contributed by atoms with Crippen LogP contribution in [0.2, 0.25) is 0 Å². The van der Waals surface area contributed by atoms with Crippen LogP contribution < -0.4 is 0 Å². The summed E-state index contributed by atoms with van der Waals surface area (Å²) in [4.78, 5) is 12.1. The van der Waals surface area contributed by atoms with Crippen LogP contribution in [-0.2, 0) is 0 Å². The molecule has 0 saturated carbocycles. The Bertz CT molecular complexity index is 573. The molecule has 1 N–H and O–H groups in total. The molecule has 0 bridgehead atoms. The fraction of sp³-hybridized carbons (Fsp3) is 0.0833. The number of hydrogen-bond donors (Lipinski definition) is 1. The summed E-state index contributed by atoms with van der Waals surface area (Å²) in [7, 11) is 0. The van der Waals surface area contributed by atoms with Crippen LogP contribution in [0.25, 0.3) is 10.4 Å². The van der Waals surface area contributed by atoms with E-state index in [2.05, 4.69) is 31.9 Å². The maximum atomic E-state index is 11.1. The van der Waals surface area contributed by atoms with Gasteiger partial charge in [0, 0.05) is 9.35 Å². The van der Waals surface area contributed by atoms with Crippen LogP contribution in [0.3, 0.4) is 0 Å². The molecular formula is C12H8Br2O2S. The number of carboxylic acid groups (broad SMARTS) is 1. The van der Waals surface area contributed by atoms with Crippen molar-refractivity contribution >= 4 is 49.2 Å². The highest BCUT2D eigenvalue weighted by molar-refractivity contribution is 9.11. The molecule has 2 rings (SSSR count). The van der Waals surface area contributed by atoms with Crippen molar-refractivity contribution in [2.45, 2.75) is 6.92 Å². The predicted octanol–water partition coefficient (Wildman–Crippen LogP) is 4.95. The monoisotopic (exact) mass is 374 g/mol. The van der Waals surface area contributed by atoms with Crippen molar-refractivity contribution in [2.75, 3.05) is 0 Å². The lowest BCUT2D eigenvalue weighted by Crippen LogP contribution is -1.97. The first-order valence-corrected chi connectivity index (χ1v) is 7.19. The van der Waals surface area contributed by atoms with Crippen LogP contribution in [0.15, 0.2) is 32.5 Å². The van der Waals surface area contributed by atoms with Gasteiger partial charge in [0.2, 0.25) is 0 Å². The molecule has 0 atom stereocenters. The summed E-state index contributed by atoms with van der Waals surface area (Å²) in [6, 6.07) is 7.84. The molecule has 0 unspecified atom stereocenters. The Balaban J connectivity index is 2.57. The van der Waals surface area contributed by atoms with Crippen LogP contribution in [0, 0.1) is 6.92 Å². The SMILES string of the molecule is Cc1c(-c2ccc(Br)cc2)sc(Br)c1C(=O)O. The summed E-state index contributed by atoms with van der Waals surface area (Å²) >= 11 is 8.14. The average molecular weight is 376 g/mol. The van der Waals surface area contributed by atoms with E-state index in [4.69, 9.17) is 5.11 Å². The minimum absolute atomic E-state index is 0.355. The topological polar surface area (TPSA) is 37.3 Å². The van der Waals surface area contributed by atoms with E-state index < -0.39 is 5.97 Å². The third-order valence-electron chi connectivity index (χ3n) is 2.42. The first kappa shape index (κ1) is 12.8. The molecule has 0 amide bonds. The van der Waals surface area contributed by atoms with E-state index in [-0.39, 0.29) is 0 Å². The normalized spacial score (nSPS) is 10.5. The van der Waals surface area contributed by atoms with Gasteiger partial charge in [0.25, 0.3) is 0 Å². The fourth-order valence-electron chi connectivity index (χ4n) is 1.60. The van der Waals surface area contributed by atoms with Crippen LogP contribution in [0.4, 0.5) is 0 Å². The van der Waals surface area contributed by atoms with E-state index in [1.807, 2.05) is 31.2 Å². The molecule has 17 heavy (non-hydrogen) atoms. The van der Waals surface area contributed by atoms with Crippen molar-refractivity contribution in [3.63, 3.8) is 0 Å². The van der Waals surface area contributed by atoms with Crippen LogP contribution in [-0.4, -0.2) is 11.1 Å². The number of halogens is 2. The first-order valence-electron chi connectivity index (χ1n) is 4.79. The lowest BCUT2D eigenvalue weighted by atomic mass is 10.1. The van der Waals surface area contributed by atoms with E-state index in [0.717, 1.165) is 20.5 Å². The zero-order chi connectivity index (χ0) is 12.6. The van der Waals surface area contributed by atoms with Gasteiger partial charge >= 0.3 is 5.97 Å². The second-order valence-electron chi connectivity index (χ2n) is 3.52.